The van der Waals surface area contributed by atoms with Crippen LogP contribution in [0.25, 0.3) is 0 Å². The lowest BCUT2D eigenvalue weighted by Crippen LogP contribution is -2.46. The van der Waals surface area contributed by atoms with Gasteiger partial charge in [-0.3, -0.25) is 4.79 Å². The number of hydrogen-bond donors (Lipinski definition) is 0. The highest BCUT2D eigenvalue weighted by atomic mass is 16.7. The van der Waals surface area contributed by atoms with Gasteiger partial charge in [-0.25, -0.2) is 0 Å². The summed E-state index contributed by atoms with van der Waals surface area (Å²) in [6.45, 7) is 9.46. The average molecular weight is 286 g/mol. The van der Waals surface area contributed by atoms with Crippen LogP contribution in [0, 0.1) is 5.92 Å². The molecule has 2 unspecified atom stereocenters. The quantitative estimate of drug-likeness (QED) is 0.554. The third kappa shape index (κ3) is 3.93. The number of ether oxygens (including phenoxy) is 4. The van der Waals surface area contributed by atoms with Crippen molar-refractivity contribution in [2.24, 2.45) is 5.92 Å². The first-order chi connectivity index (χ1) is 9.36. The number of rotatable bonds is 6. The van der Waals surface area contributed by atoms with Gasteiger partial charge in [0.2, 0.25) is 0 Å². The highest BCUT2D eigenvalue weighted by Crippen LogP contribution is 2.38. The van der Waals surface area contributed by atoms with E-state index in [1.807, 2.05) is 27.7 Å². The molecule has 2 heterocycles. The monoisotopic (exact) mass is 286 g/mol. The van der Waals surface area contributed by atoms with E-state index < -0.39 is 11.4 Å². The topological polar surface area (TPSA) is 57.3 Å². The Labute approximate surface area is 120 Å². The highest BCUT2D eigenvalue weighted by Gasteiger charge is 2.49. The van der Waals surface area contributed by atoms with Crippen LogP contribution in [0.3, 0.4) is 0 Å². The van der Waals surface area contributed by atoms with E-state index in [0.717, 1.165) is 13.0 Å². The van der Waals surface area contributed by atoms with Gasteiger partial charge < -0.3 is 18.9 Å². The molecule has 5 heteroatoms. The zero-order valence-electron chi connectivity index (χ0n) is 12.9. The molecule has 2 aliphatic rings. The van der Waals surface area contributed by atoms with E-state index in [4.69, 9.17) is 18.9 Å². The lowest BCUT2D eigenvalue weighted by molar-refractivity contribution is -0.219. The summed E-state index contributed by atoms with van der Waals surface area (Å²) in [5.41, 5.74) is -0.496. The zero-order valence-corrected chi connectivity index (χ0v) is 12.9. The second-order valence-electron chi connectivity index (χ2n) is 6.50. The minimum atomic E-state index is -0.830. The van der Waals surface area contributed by atoms with Crippen LogP contribution < -0.4 is 0 Å². The molecule has 2 rings (SSSR count). The third-order valence-corrected chi connectivity index (χ3v) is 3.62. The molecular weight excluding hydrogens is 260 g/mol. The number of carbonyl (C=O) groups excluding carboxylic acids is 1. The van der Waals surface area contributed by atoms with Crippen LogP contribution in [0.5, 0.6) is 0 Å². The van der Waals surface area contributed by atoms with Crippen LogP contribution in [-0.4, -0.2) is 43.3 Å². The molecule has 5 nitrogen and oxygen atoms in total. The minimum Gasteiger partial charge on any atom is -0.460 e. The Kier molecular flexibility index (Phi) is 4.72. The lowest BCUT2D eigenvalue weighted by atomic mass is 9.90. The van der Waals surface area contributed by atoms with Crippen LogP contribution in [0.4, 0.5) is 0 Å². The van der Waals surface area contributed by atoms with Gasteiger partial charge in [-0.05, 0) is 33.6 Å². The van der Waals surface area contributed by atoms with E-state index in [1.165, 1.54) is 0 Å². The van der Waals surface area contributed by atoms with Crippen molar-refractivity contribution >= 4 is 5.97 Å². The van der Waals surface area contributed by atoms with Crippen molar-refractivity contribution in [3.63, 3.8) is 0 Å². The van der Waals surface area contributed by atoms with Gasteiger partial charge >= 0.3 is 5.97 Å². The molecule has 0 N–H and O–H groups in total. The summed E-state index contributed by atoms with van der Waals surface area (Å²) < 4.78 is 22.4. The molecule has 2 saturated heterocycles. The molecule has 0 spiro atoms. The molecule has 0 aliphatic carbocycles. The second kappa shape index (κ2) is 6.00. The fraction of sp³-hybridized carbons (Fsp3) is 0.933. The van der Waals surface area contributed by atoms with Gasteiger partial charge in [-0.2, -0.15) is 0 Å². The van der Waals surface area contributed by atoms with Gasteiger partial charge in [-0.15, -0.1) is 0 Å². The molecule has 0 aromatic carbocycles. The molecule has 0 radical (unpaired) electrons. The standard InChI is InChI=1S/C15H26O5/c1-5-12(13(16)20-14(2,3)4)15(18-8-9-19-15)7-6-11-10-17-11/h11-12H,5-10H2,1-4H3. The molecule has 0 saturated carbocycles. The summed E-state index contributed by atoms with van der Waals surface area (Å²) in [5, 5.41) is 0. The van der Waals surface area contributed by atoms with Crippen molar-refractivity contribution < 1.29 is 23.7 Å². The Morgan fingerprint density at radius 3 is 2.40 bits per heavy atom. The third-order valence-electron chi connectivity index (χ3n) is 3.62. The fourth-order valence-electron chi connectivity index (χ4n) is 2.62. The summed E-state index contributed by atoms with van der Waals surface area (Å²) >= 11 is 0. The molecule has 0 bridgehead atoms. The molecule has 0 amide bonds. The zero-order chi connectivity index (χ0) is 14.8. The van der Waals surface area contributed by atoms with E-state index in [2.05, 4.69) is 0 Å². The number of epoxide rings is 1. The molecule has 20 heavy (non-hydrogen) atoms. The lowest BCUT2D eigenvalue weighted by Gasteiger charge is -2.35. The van der Waals surface area contributed by atoms with Crippen LogP contribution in [0.15, 0.2) is 0 Å². The van der Waals surface area contributed by atoms with E-state index in [9.17, 15) is 4.79 Å². The van der Waals surface area contributed by atoms with Crippen molar-refractivity contribution in [3.05, 3.63) is 0 Å². The maximum absolute atomic E-state index is 12.4. The van der Waals surface area contributed by atoms with E-state index in [1.54, 1.807) is 0 Å². The first kappa shape index (κ1) is 15.7. The van der Waals surface area contributed by atoms with Gasteiger partial charge in [0.05, 0.1) is 25.9 Å². The van der Waals surface area contributed by atoms with Crippen molar-refractivity contribution in [1.82, 2.24) is 0 Å². The summed E-state index contributed by atoms with van der Waals surface area (Å²) in [6, 6.07) is 0. The minimum absolute atomic E-state index is 0.237. The van der Waals surface area contributed by atoms with E-state index >= 15 is 0 Å². The van der Waals surface area contributed by atoms with Gasteiger partial charge in [0.1, 0.15) is 11.5 Å². The molecule has 116 valence electrons. The predicted octanol–water partition coefficient (Wildman–Crippen LogP) is 2.28. The predicted molar refractivity (Wildman–Crippen MR) is 73.2 cm³/mol. The van der Waals surface area contributed by atoms with Gasteiger partial charge in [-0.1, -0.05) is 6.92 Å². The Balaban J connectivity index is 2.05. The summed E-state index contributed by atoms with van der Waals surface area (Å²) in [6.07, 6.45) is 2.48. The Morgan fingerprint density at radius 2 is 1.95 bits per heavy atom. The van der Waals surface area contributed by atoms with Crippen molar-refractivity contribution in [2.75, 3.05) is 19.8 Å². The normalized spacial score (nSPS) is 26.3. The molecule has 0 aromatic rings. The molecule has 2 atom stereocenters. The molecule has 2 aliphatic heterocycles. The van der Waals surface area contributed by atoms with Crippen molar-refractivity contribution in [3.8, 4) is 0 Å². The van der Waals surface area contributed by atoms with Crippen LogP contribution >= 0.6 is 0 Å². The van der Waals surface area contributed by atoms with E-state index in [0.29, 0.717) is 32.2 Å². The maximum Gasteiger partial charge on any atom is 0.314 e. The Bertz CT molecular complexity index is 337. The average Bonchev–Trinajstić information content (AvgIpc) is 3.05. The largest absolute Gasteiger partial charge is 0.460 e. The highest BCUT2D eigenvalue weighted by molar-refractivity contribution is 5.74. The van der Waals surface area contributed by atoms with Gasteiger partial charge in [0.15, 0.2) is 5.79 Å². The van der Waals surface area contributed by atoms with Crippen LogP contribution in [0.2, 0.25) is 0 Å². The maximum atomic E-state index is 12.4. The van der Waals surface area contributed by atoms with Crippen molar-refractivity contribution in [1.29, 1.82) is 0 Å². The Hall–Kier alpha value is -0.650. The first-order valence-electron chi connectivity index (χ1n) is 7.49. The molecular formula is C15H26O5. The number of hydrogen-bond acceptors (Lipinski definition) is 5. The number of esters is 1. The SMILES string of the molecule is CCC(C(=O)OC(C)(C)C)C1(CCC2CO2)OCCO1. The smallest absolute Gasteiger partial charge is 0.314 e. The number of carbonyl (C=O) groups is 1. The summed E-state index contributed by atoms with van der Waals surface area (Å²) in [5.74, 6) is -1.45. The van der Waals surface area contributed by atoms with Gasteiger partial charge in [0.25, 0.3) is 0 Å². The van der Waals surface area contributed by atoms with Crippen LogP contribution in [-0.2, 0) is 23.7 Å². The molecule has 2 fully saturated rings. The Morgan fingerprint density at radius 1 is 1.35 bits per heavy atom. The van der Waals surface area contributed by atoms with Gasteiger partial charge in [0, 0.05) is 6.42 Å². The van der Waals surface area contributed by atoms with Crippen LogP contribution in [0.1, 0.15) is 47.0 Å². The first-order valence-corrected chi connectivity index (χ1v) is 7.49. The second-order valence-corrected chi connectivity index (χ2v) is 6.50. The fourth-order valence-corrected chi connectivity index (χ4v) is 2.62. The summed E-state index contributed by atoms with van der Waals surface area (Å²) in [7, 11) is 0. The molecule has 0 aromatic heterocycles. The van der Waals surface area contributed by atoms with Crippen molar-refractivity contribution in [2.45, 2.75) is 64.4 Å². The summed E-state index contributed by atoms with van der Waals surface area (Å²) in [4.78, 5) is 12.4. The van der Waals surface area contributed by atoms with E-state index in [-0.39, 0.29) is 11.9 Å².